The number of ether oxygens (including phenoxy) is 1. The summed E-state index contributed by atoms with van der Waals surface area (Å²) in [5.41, 5.74) is 0.802. The number of amides is 4. The van der Waals surface area contributed by atoms with Gasteiger partial charge in [0.25, 0.3) is 5.91 Å². The Morgan fingerprint density at radius 2 is 1.74 bits per heavy atom. The summed E-state index contributed by atoms with van der Waals surface area (Å²) < 4.78 is 5.39. The van der Waals surface area contributed by atoms with Gasteiger partial charge in [0.1, 0.15) is 11.3 Å². The standard InChI is InChI=1S/C21H34N6O4/c1-14(2)16-12-17(24-23-16)18(28)27-7-6-15(13-27)22-19(29)25-8-10-26(11-9-25)20(30)31-21(3,4)5/h12,14-15H,6-11,13H2,1-5H3,(H,22,29)(H,23,24)/t15-/m1/s1. The third-order valence-electron chi connectivity index (χ3n) is 5.46. The summed E-state index contributed by atoms with van der Waals surface area (Å²) in [6, 6.07) is 1.54. The predicted octanol–water partition coefficient (Wildman–Crippen LogP) is 2.01. The number of hydrogen-bond acceptors (Lipinski definition) is 5. The van der Waals surface area contributed by atoms with Crippen molar-refractivity contribution in [1.29, 1.82) is 0 Å². The third-order valence-corrected chi connectivity index (χ3v) is 5.46. The zero-order valence-corrected chi connectivity index (χ0v) is 19.1. The molecule has 0 saturated carbocycles. The summed E-state index contributed by atoms with van der Waals surface area (Å²) in [4.78, 5) is 42.5. The molecule has 0 aromatic carbocycles. The number of nitrogens with one attached hydrogen (secondary N) is 2. The van der Waals surface area contributed by atoms with E-state index in [2.05, 4.69) is 15.5 Å². The Balaban J connectivity index is 1.44. The van der Waals surface area contributed by atoms with Crippen LogP contribution in [0.4, 0.5) is 9.59 Å². The number of hydrogen-bond donors (Lipinski definition) is 2. The molecule has 10 heteroatoms. The molecule has 0 radical (unpaired) electrons. The summed E-state index contributed by atoms with van der Waals surface area (Å²) in [7, 11) is 0. The molecule has 0 spiro atoms. The van der Waals surface area contributed by atoms with Crippen LogP contribution in [0.2, 0.25) is 0 Å². The molecule has 4 amide bonds. The molecule has 2 saturated heterocycles. The third kappa shape index (κ3) is 5.89. The normalized spacial score (nSPS) is 19.7. The van der Waals surface area contributed by atoms with Crippen LogP contribution < -0.4 is 5.32 Å². The van der Waals surface area contributed by atoms with Gasteiger partial charge in [0.2, 0.25) is 0 Å². The van der Waals surface area contributed by atoms with Crippen LogP contribution in [-0.2, 0) is 4.74 Å². The number of H-pyrrole nitrogens is 1. The van der Waals surface area contributed by atoms with Crippen molar-refractivity contribution in [3.8, 4) is 0 Å². The lowest BCUT2D eigenvalue weighted by Gasteiger charge is -2.36. The highest BCUT2D eigenvalue weighted by molar-refractivity contribution is 5.92. The molecule has 10 nitrogen and oxygen atoms in total. The number of likely N-dealkylation sites (tertiary alicyclic amines) is 1. The quantitative estimate of drug-likeness (QED) is 0.756. The molecule has 2 aliphatic rings. The number of carbonyl (C=O) groups excluding carboxylic acids is 3. The lowest BCUT2D eigenvalue weighted by Crippen LogP contribution is -2.55. The highest BCUT2D eigenvalue weighted by Gasteiger charge is 2.32. The van der Waals surface area contributed by atoms with E-state index in [4.69, 9.17) is 4.74 Å². The second-order valence-corrected chi connectivity index (χ2v) is 9.50. The summed E-state index contributed by atoms with van der Waals surface area (Å²) in [6.45, 7) is 12.4. The lowest BCUT2D eigenvalue weighted by molar-refractivity contribution is 0.0169. The van der Waals surface area contributed by atoms with Gasteiger partial charge in [0, 0.05) is 51.0 Å². The monoisotopic (exact) mass is 434 g/mol. The average molecular weight is 435 g/mol. The van der Waals surface area contributed by atoms with E-state index in [1.165, 1.54) is 0 Å². The first-order chi connectivity index (χ1) is 14.5. The van der Waals surface area contributed by atoms with Gasteiger partial charge in [-0.25, -0.2) is 9.59 Å². The summed E-state index contributed by atoms with van der Waals surface area (Å²) in [5, 5.41) is 10.1. The van der Waals surface area contributed by atoms with Crippen molar-refractivity contribution in [2.45, 2.75) is 58.6 Å². The second kappa shape index (κ2) is 9.15. The van der Waals surface area contributed by atoms with Crippen LogP contribution in [-0.4, -0.2) is 93.8 Å². The smallest absolute Gasteiger partial charge is 0.410 e. The maximum absolute atomic E-state index is 12.7. The minimum absolute atomic E-state index is 0.0937. The van der Waals surface area contributed by atoms with Crippen molar-refractivity contribution in [2.24, 2.45) is 0 Å². The van der Waals surface area contributed by atoms with Crippen LogP contribution >= 0.6 is 0 Å². The van der Waals surface area contributed by atoms with Gasteiger partial charge in [0.15, 0.2) is 0 Å². The Hall–Kier alpha value is -2.78. The first-order valence-corrected chi connectivity index (χ1v) is 10.9. The van der Waals surface area contributed by atoms with Gasteiger partial charge in [-0.15, -0.1) is 0 Å². The topological polar surface area (TPSA) is 111 Å². The number of aromatic nitrogens is 2. The van der Waals surface area contributed by atoms with Gasteiger partial charge >= 0.3 is 12.1 Å². The van der Waals surface area contributed by atoms with Gasteiger partial charge in [-0.3, -0.25) is 9.89 Å². The Morgan fingerprint density at radius 1 is 1.10 bits per heavy atom. The molecule has 3 rings (SSSR count). The van der Waals surface area contributed by atoms with E-state index in [9.17, 15) is 14.4 Å². The van der Waals surface area contributed by atoms with Gasteiger partial charge in [-0.05, 0) is 39.2 Å². The Kier molecular flexibility index (Phi) is 6.76. The molecule has 1 atom stereocenters. The molecule has 1 aromatic rings. The van der Waals surface area contributed by atoms with Crippen molar-refractivity contribution in [3.63, 3.8) is 0 Å². The van der Waals surface area contributed by atoms with Crippen molar-refractivity contribution >= 4 is 18.0 Å². The number of rotatable bonds is 3. The summed E-state index contributed by atoms with van der Waals surface area (Å²) in [5.74, 6) is 0.154. The zero-order chi connectivity index (χ0) is 22.8. The van der Waals surface area contributed by atoms with E-state index < -0.39 is 5.60 Å². The molecule has 2 aliphatic heterocycles. The first-order valence-electron chi connectivity index (χ1n) is 10.9. The molecule has 172 valence electrons. The van der Waals surface area contributed by atoms with Gasteiger partial charge in [-0.1, -0.05) is 13.8 Å². The Labute approximate surface area is 183 Å². The minimum Gasteiger partial charge on any atom is -0.444 e. The van der Waals surface area contributed by atoms with E-state index in [-0.39, 0.29) is 30.0 Å². The van der Waals surface area contributed by atoms with Gasteiger partial charge < -0.3 is 24.8 Å². The molecule has 1 aromatic heterocycles. The van der Waals surface area contributed by atoms with E-state index in [0.29, 0.717) is 51.4 Å². The predicted molar refractivity (Wildman–Crippen MR) is 115 cm³/mol. The van der Waals surface area contributed by atoms with Gasteiger partial charge in [-0.2, -0.15) is 5.10 Å². The number of nitrogens with zero attached hydrogens (tertiary/aromatic N) is 4. The zero-order valence-electron chi connectivity index (χ0n) is 19.1. The first kappa shape index (κ1) is 22.9. The number of aromatic amines is 1. The number of urea groups is 1. The largest absolute Gasteiger partial charge is 0.444 e. The fourth-order valence-corrected chi connectivity index (χ4v) is 3.65. The second-order valence-electron chi connectivity index (χ2n) is 9.50. The number of piperazine rings is 1. The van der Waals surface area contributed by atoms with Crippen molar-refractivity contribution in [2.75, 3.05) is 39.3 Å². The van der Waals surface area contributed by atoms with Crippen molar-refractivity contribution < 1.29 is 19.1 Å². The van der Waals surface area contributed by atoms with Crippen LogP contribution in [0.25, 0.3) is 0 Å². The molecular formula is C21H34N6O4. The summed E-state index contributed by atoms with van der Waals surface area (Å²) >= 11 is 0. The average Bonchev–Trinajstić information content (AvgIpc) is 3.36. The fraction of sp³-hybridized carbons (Fsp3) is 0.714. The SMILES string of the molecule is CC(C)c1cc(C(=O)N2CC[C@@H](NC(=O)N3CCN(C(=O)OC(C)(C)C)CC3)C2)n[nH]1. The maximum atomic E-state index is 12.7. The molecular weight excluding hydrogens is 400 g/mol. The van der Waals surface area contributed by atoms with Crippen LogP contribution in [0, 0.1) is 0 Å². The van der Waals surface area contributed by atoms with Crippen LogP contribution in [0.15, 0.2) is 6.07 Å². The van der Waals surface area contributed by atoms with Crippen LogP contribution in [0.5, 0.6) is 0 Å². The molecule has 0 bridgehead atoms. The van der Waals surface area contributed by atoms with Crippen molar-refractivity contribution in [1.82, 2.24) is 30.2 Å². The lowest BCUT2D eigenvalue weighted by atomic mass is 10.1. The molecule has 3 heterocycles. The number of carbonyl (C=O) groups is 3. The fourth-order valence-electron chi connectivity index (χ4n) is 3.65. The molecule has 31 heavy (non-hydrogen) atoms. The van der Waals surface area contributed by atoms with Crippen LogP contribution in [0.3, 0.4) is 0 Å². The van der Waals surface area contributed by atoms with E-state index in [1.54, 1.807) is 20.8 Å². The maximum Gasteiger partial charge on any atom is 0.410 e. The highest BCUT2D eigenvalue weighted by atomic mass is 16.6. The Morgan fingerprint density at radius 3 is 2.32 bits per heavy atom. The van der Waals surface area contributed by atoms with Gasteiger partial charge in [0.05, 0.1) is 0 Å². The molecule has 0 aliphatic carbocycles. The van der Waals surface area contributed by atoms with Crippen molar-refractivity contribution in [3.05, 3.63) is 17.5 Å². The van der Waals surface area contributed by atoms with E-state index in [1.807, 2.05) is 34.6 Å². The molecule has 2 N–H and O–H groups in total. The molecule has 0 unspecified atom stereocenters. The van der Waals surface area contributed by atoms with E-state index >= 15 is 0 Å². The molecule has 2 fully saturated rings. The minimum atomic E-state index is -0.538. The summed E-state index contributed by atoms with van der Waals surface area (Å²) in [6.07, 6.45) is 0.355. The van der Waals surface area contributed by atoms with E-state index in [0.717, 1.165) is 5.69 Å². The van der Waals surface area contributed by atoms with Crippen LogP contribution in [0.1, 0.15) is 63.1 Å². The Bertz CT molecular complexity index is 807. The highest BCUT2D eigenvalue weighted by Crippen LogP contribution is 2.17.